The molecule has 0 radical (unpaired) electrons. The van der Waals surface area contributed by atoms with E-state index in [2.05, 4.69) is 32.0 Å². The Morgan fingerprint density at radius 2 is 1.42 bits per heavy atom. The first-order chi connectivity index (χ1) is 9.13. The molecule has 2 aromatic carbocycles. The molecule has 0 saturated heterocycles. The number of aryl methyl sites for hydroxylation is 3. The van der Waals surface area contributed by atoms with E-state index in [0.29, 0.717) is 6.61 Å². The van der Waals surface area contributed by atoms with E-state index in [1.807, 2.05) is 25.1 Å². The Labute approximate surface area is 115 Å². The molecule has 0 unspecified atom stereocenters. The Bertz CT molecular complexity index is 553. The molecule has 19 heavy (non-hydrogen) atoms. The number of para-hydroxylation sites is 1. The van der Waals surface area contributed by atoms with Gasteiger partial charge in [0, 0.05) is 0 Å². The molecule has 0 amide bonds. The van der Waals surface area contributed by atoms with Gasteiger partial charge in [0.15, 0.2) is 11.5 Å². The van der Waals surface area contributed by atoms with Gasteiger partial charge in [-0.15, -0.1) is 0 Å². The monoisotopic (exact) mass is 256 g/mol. The molecule has 2 rings (SSSR count). The molecule has 100 valence electrons. The molecule has 0 saturated carbocycles. The van der Waals surface area contributed by atoms with Crippen molar-refractivity contribution in [1.29, 1.82) is 0 Å². The van der Waals surface area contributed by atoms with Crippen LogP contribution in [0.4, 0.5) is 0 Å². The molecular weight excluding hydrogens is 236 g/mol. The van der Waals surface area contributed by atoms with E-state index in [9.17, 15) is 0 Å². The standard InChI is InChI=1S/C17H20O2/c1-12-7-5-8-13(2)15(12)11-19-16-10-6-9-14(3)17(16)18-4/h5-10H,11H2,1-4H3. The zero-order valence-electron chi connectivity index (χ0n) is 12.0. The second-order valence-corrected chi connectivity index (χ2v) is 4.77. The fourth-order valence-electron chi connectivity index (χ4n) is 2.23. The van der Waals surface area contributed by atoms with E-state index >= 15 is 0 Å². The van der Waals surface area contributed by atoms with Crippen molar-refractivity contribution in [1.82, 2.24) is 0 Å². The lowest BCUT2D eigenvalue weighted by atomic mass is 10.0. The predicted octanol–water partition coefficient (Wildman–Crippen LogP) is 4.20. The Balaban J connectivity index is 2.22. The van der Waals surface area contributed by atoms with Gasteiger partial charge in [-0.2, -0.15) is 0 Å². The summed E-state index contributed by atoms with van der Waals surface area (Å²) < 4.78 is 11.3. The number of ether oxygens (including phenoxy) is 2. The minimum Gasteiger partial charge on any atom is -0.493 e. The average Bonchev–Trinajstić information content (AvgIpc) is 2.38. The van der Waals surface area contributed by atoms with Gasteiger partial charge in [-0.25, -0.2) is 0 Å². The molecule has 0 N–H and O–H groups in total. The SMILES string of the molecule is COc1c(C)cccc1OCc1c(C)cccc1C. The average molecular weight is 256 g/mol. The van der Waals surface area contributed by atoms with Gasteiger partial charge in [0.2, 0.25) is 0 Å². The van der Waals surface area contributed by atoms with Gasteiger partial charge in [-0.05, 0) is 49.1 Å². The maximum absolute atomic E-state index is 5.93. The molecule has 0 aliphatic heterocycles. The second-order valence-electron chi connectivity index (χ2n) is 4.77. The summed E-state index contributed by atoms with van der Waals surface area (Å²) in [6.45, 7) is 6.81. The molecule has 2 aromatic rings. The van der Waals surface area contributed by atoms with Crippen molar-refractivity contribution in [2.75, 3.05) is 7.11 Å². The first-order valence-electron chi connectivity index (χ1n) is 6.45. The maximum Gasteiger partial charge on any atom is 0.163 e. The summed E-state index contributed by atoms with van der Waals surface area (Å²) >= 11 is 0. The van der Waals surface area contributed by atoms with E-state index in [1.54, 1.807) is 7.11 Å². The van der Waals surface area contributed by atoms with Crippen LogP contribution in [0.25, 0.3) is 0 Å². The van der Waals surface area contributed by atoms with Gasteiger partial charge in [0.1, 0.15) is 6.61 Å². The van der Waals surface area contributed by atoms with Gasteiger partial charge >= 0.3 is 0 Å². The van der Waals surface area contributed by atoms with Crippen LogP contribution >= 0.6 is 0 Å². The number of rotatable bonds is 4. The van der Waals surface area contributed by atoms with Crippen LogP contribution in [0.5, 0.6) is 11.5 Å². The van der Waals surface area contributed by atoms with E-state index in [1.165, 1.54) is 16.7 Å². The zero-order valence-corrected chi connectivity index (χ0v) is 12.0. The quantitative estimate of drug-likeness (QED) is 0.816. The van der Waals surface area contributed by atoms with Crippen LogP contribution in [0.3, 0.4) is 0 Å². The van der Waals surface area contributed by atoms with Crippen LogP contribution < -0.4 is 9.47 Å². The highest BCUT2D eigenvalue weighted by Gasteiger charge is 2.08. The lowest BCUT2D eigenvalue weighted by Gasteiger charge is -2.15. The van der Waals surface area contributed by atoms with Crippen LogP contribution in [0.2, 0.25) is 0 Å². The third-order valence-electron chi connectivity index (χ3n) is 3.40. The zero-order chi connectivity index (χ0) is 13.8. The molecule has 0 bridgehead atoms. The van der Waals surface area contributed by atoms with Gasteiger partial charge in [-0.3, -0.25) is 0 Å². The lowest BCUT2D eigenvalue weighted by molar-refractivity contribution is 0.282. The molecule has 0 fully saturated rings. The molecule has 0 aliphatic rings. The molecule has 0 aliphatic carbocycles. The van der Waals surface area contributed by atoms with E-state index in [4.69, 9.17) is 9.47 Å². The number of methoxy groups -OCH3 is 1. The Kier molecular flexibility index (Phi) is 4.10. The van der Waals surface area contributed by atoms with Crippen molar-refractivity contribution < 1.29 is 9.47 Å². The van der Waals surface area contributed by atoms with Crippen molar-refractivity contribution >= 4 is 0 Å². The minimum atomic E-state index is 0.568. The predicted molar refractivity (Wildman–Crippen MR) is 78.0 cm³/mol. The first kappa shape index (κ1) is 13.5. The highest BCUT2D eigenvalue weighted by Crippen LogP contribution is 2.31. The highest BCUT2D eigenvalue weighted by atomic mass is 16.5. The smallest absolute Gasteiger partial charge is 0.163 e. The summed E-state index contributed by atoms with van der Waals surface area (Å²) in [4.78, 5) is 0. The van der Waals surface area contributed by atoms with E-state index in [0.717, 1.165) is 17.1 Å². The Hall–Kier alpha value is -1.96. The van der Waals surface area contributed by atoms with Gasteiger partial charge < -0.3 is 9.47 Å². The summed E-state index contributed by atoms with van der Waals surface area (Å²) in [5.41, 5.74) is 4.84. The number of hydrogen-bond acceptors (Lipinski definition) is 2. The molecule has 2 heteroatoms. The van der Waals surface area contributed by atoms with Crippen LogP contribution in [0.15, 0.2) is 36.4 Å². The van der Waals surface area contributed by atoms with Crippen LogP contribution in [0.1, 0.15) is 22.3 Å². The summed E-state index contributed by atoms with van der Waals surface area (Å²) in [5, 5.41) is 0. The van der Waals surface area contributed by atoms with Crippen molar-refractivity contribution in [3.63, 3.8) is 0 Å². The van der Waals surface area contributed by atoms with E-state index in [-0.39, 0.29) is 0 Å². The highest BCUT2D eigenvalue weighted by molar-refractivity contribution is 5.46. The molecule has 0 spiro atoms. The fourth-order valence-corrected chi connectivity index (χ4v) is 2.23. The lowest BCUT2D eigenvalue weighted by Crippen LogP contribution is -2.02. The summed E-state index contributed by atoms with van der Waals surface area (Å²) in [5.74, 6) is 1.61. The molecular formula is C17H20O2. The van der Waals surface area contributed by atoms with Gasteiger partial charge in [-0.1, -0.05) is 30.3 Å². The first-order valence-corrected chi connectivity index (χ1v) is 6.45. The maximum atomic E-state index is 5.93. The van der Waals surface area contributed by atoms with E-state index < -0.39 is 0 Å². The summed E-state index contributed by atoms with van der Waals surface area (Å²) in [6.07, 6.45) is 0. The van der Waals surface area contributed by atoms with Gasteiger partial charge in [0.25, 0.3) is 0 Å². The number of hydrogen-bond donors (Lipinski definition) is 0. The number of benzene rings is 2. The third kappa shape index (κ3) is 2.90. The topological polar surface area (TPSA) is 18.5 Å². The second kappa shape index (κ2) is 5.79. The Morgan fingerprint density at radius 3 is 2.05 bits per heavy atom. The Morgan fingerprint density at radius 1 is 0.842 bits per heavy atom. The molecule has 0 atom stereocenters. The molecule has 0 aromatic heterocycles. The van der Waals surface area contributed by atoms with Crippen molar-refractivity contribution in [3.05, 3.63) is 58.7 Å². The molecule has 0 heterocycles. The third-order valence-corrected chi connectivity index (χ3v) is 3.40. The van der Waals surface area contributed by atoms with Crippen LogP contribution in [-0.2, 0) is 6.61 Å². The molecule has 2 nitrogen and oxygen atoms in total. The summed E-state index contributed by atoms with van der Waals surface area (Å²) in [6, 6.07) is 12.2. The fraction of sp³-hybridized carbons (Fsp3) is 0.294. The largest absolute Gasteiger partial charge is 0.493 e. The van der Waals surface area contributed by atoms with Crippen molar-refractivity contribution in [2.24, 2.45) is 0 Å². The van der Waals surface area contributed by atoms with Crippen LogP contribution in [-0.4, -0.2) is 7.11 Å². The van der Waals surface area contributed by atoms with Crippen molar-refractivity contribution in [2.45, 2.75) is 27.4 Å². The minimum absolute atomic E-state index is 0.568. The van der Waals surface area contributed by atoms with Crippen molar-refractivity contribution in [3.8, 4) is 11.5 Å². The van der Waals surface area contributed by atoms with Crippen LogP contribution in [0, 0.1) is 20.8 Å². The van der Waals surface area contributed by atoms with Gasteiger partial charge in [0.05, 0.1) is 7.11 Å². The normalized spacial score (nSPS) is 10.3. The summed E-state index contributed by atoms with van der Waals surface area (Å²) in [7, 11) is 1.67.